The number of rotatable bonds is 2. The van der Waals surface area contributed by atoms with E-state index >= 15 is 0 Å². The maximum Gasteiger partial charge on any atom is 0.312 e. The molecular formula is C31H48O3. The van der Waals surface area contributed by atoms with Gasteiger partial charge < -0.3 is 4.74 Å². The zero-order valence-electron chi connectivity index (χ0n) is 22.9. The van der Waals surface area contributed by atoms with Crippen LogP contribution in [0.25, 0.3) is 0 Å². The van der Waals surface area contributed by atoms with Gasteiger partial charge in [-0.3, -0.25) is 9.59 Å². The molecular weight excluding hydrogens is 420 g/mol. The first kappa shape index (κ1) is 24.6. The smallest absolute Gasteiger partial charge is 0.312 e. The van der Waals surface area contributed by atoms with Crippen LogP contribution in [0.1, 0.15) is 106 Å². The van der Waals surface area contributed by atoms with Crippen molar-refractivity contribution in [1.82, 2.24) is 0 Å². The minimum atomic E-state index is -0.313. The van der Waals surface area contributed by atoms with E-state index in [4.69, 9.17) is 4.74 Å². The highest BCUT2D eigenvalue weighted by atomic mass is 16.5. The van der Waals surface area contributed by atoms with Crippen LogP contribution < -0.4 is 0 Å². The first-order valence-corrected chi connectivity index (χ1v) is 14.1. The first-order valence-electron chi connectivity index (χ1n) is 14.1. The lowest BCUT2D eigenvalue weighted by atomic mass is 9.32. The molecule has 0 aliphatic heterocycles. The molecule has 0 bridgehead atoms. The summed E-state index contributed by atoms with van der Waals surface area (Å²) < 4.78 is 5.49. The maximum absolute atomic E-state index is 13.3. The Labute approximate surface area is 207 Å². The van der Waals surface area contributed by atoms with Crippen LogP contribution in [0.5, 0.6) is 0 Å². The Morgan fingerprint density at radius 3 is 2.24 bits per heavy atom. The van der Waals surface area contributed by atoms with Crippen LogP contribution in [0.3, 0.4) is 0 Å². The number of ether oxygens (including phenoxy) is 1. The highest BCUT2D eigenvalue weighted by molar-refractivity contribution is 5.85. The average molecular weight is 469 g/mol. The minimum Gasteiger partial charge on any atom is -0.469 e. The standard InChI is InChI=1S/C31H48O3/c1-19(2)20-11-16-31(26(33)34-8)18-17-29(6)21(25(20)31)9-10-23-28(5)14-13-24(32)27(3,4)22(28)12-15-30(23,29)7/h20-23,25H,1,9-18H2,2-8H3/t20-,21+,22+,23-,25+,28-,29-,30+,31+/m1/s1. The third kappa shape index (κ3) is 2.76. The second-order valence-corrected chi connectivity index (χ2v) is 14.5. The fourth-order valence-electron chi connectivity index (χ4n) is 11.5. The summed E-state index contributed by atoms with van der Waals surface area (Å²) in [5, 5.41) is 0. The van der Waals surface area contributed by atoms with Crippen LogP contribution in [0.15, 0.2) is 12.2 Å². The lowest BCUT2D eigenvalue weighted by Crippen LogP contribution is -2.66. The molecule has 0 amide bonds. The average Bonchev–Trinajstić information content (AvgIpc) is 3.18. The van der Waals surface area contributed by atoms with Crippen LogP contribution in [0, 0.1) is 56.7 Å². The molecule has 5 fully saturated rings. The lowest BCUT2D eigenvalue weighted by Gasteiger charge is -2.72. The van der Waals surface area contributed by atoms with Gasteiger partial charge in [0.15, 0.2) is 0 Å². The molecule has 5 rings (SSSR count). The quantitative estimate of drug-likeness (QED) is 0.313. The molecule has 5 aliphatic carbocycles. The molecule has 9 atom stereocenters. The highest BCUT2D eigenvalue weighted by Gasteiger charge is 2.72. The van der Waals surface area contributed by atoms with Crippen molar-refractivity contribution in [3.63, 3.8) is 0 Å². The monoisotopic (exact) mass is 468 g/mol. The van der Waals surface area contributed by atoms with Gasteiger partial charge >= 0.3 is 5.97 Å². The summed E-state index contributed by atoms with van der Waals surface area (Å²) in [6, 6.07) is 0. The number of hydrogen-bond donors (Lipinski definition) is 0. The molecule has 3 nitrogen and oxygen atoms in total. The molecule has 5 aliphatic rings. The van der Waals surface area contributed by atoms with Gasteiger partial charge in [-0.15, -0.1) is 0 Å². The number of carbonyl (C=O) groups is 2. The molecule has 0 aromatic heterocycles. The highest BCUT2D eigenvalue weighted by Crippen LogP contribution is 2.77. The first-order chi connectivity index (χ1) is 15.8. The number of Topliss-reactive ketones (excluding diaryl/α,β-unsaturated/α-hetero) is 1. The Hall–Kier alpha value is -1.12. The summed E-state index contributed by atoms with van der Waals surface area (Å²) in [5.74, 6) is 3.01. The van der Waals surface area contributed by atoms with Gasteiger partial charge in [-0.25, -0.2) is 0 Å². The second kappa shape index (κ2) is 7.45. The van der Waals surface area contributed by atoms with Crippen molar-refractivity contribution in [2.45, 2.75) is 106 Å². The van der Waals surface area contributed by atoms with Crippen molar-refractivity contribution in [2.24, 2.45) is 56.7 Å². The van der Waals surface area contributed by atoms with E-state index in [-0.39, 0.29) is 33.0 Å². The predicted molar refractivity (Wildman–Crippen MR) is 136 cm³/mol. The van der Waals surface area contributed by atoms with Crippen molar-refractivity contribution in [2.75, 3.05) is 7.11 Å². The molecule has 0 unspecified atom stereocenters. The number of ketones is 1. The largest absolute Gasteiger partial charge is 0.469 e. The second-order valence-electron chi connectivity index (χ2n) is 14.5. The van der Waals surface area contributed by atoms with E-state index in [9.17, 15) is 9.59 Å². The van der Waals surface area contributed by atoms with E-state index in [0.717, 1.165) is 38.5 Å². The van der Waals surface area contributed by atoms with E-state index in [1.807, 2.05) is 0 Å². The third-order valence-electron chi connectivity index (χ3n) is 13.4. The molecule has 0 aromatic rings. The molecule has 5 saturated carbocycles. The van der Waals surface area contributed by atoms with Gasteiger partial charge in [-0.1, -0.05) is 46.8 Å². The van der Waals surface area contributed by atoms with Gasteiger partial charge in [0.2, 0.25) is 0 Å². The zero-order chi connectivity index (χ0) is 24.9. The third-order valence-corrected chi connectivity index (χ3v) is 13.4. The summed E-state index contributed by atoms with van der Waals surface area (Å²) in [5.41, 5.74) is 1.45. The summed E-state index contributed by atoms with van der Waals surface area (Å²) in [6.07, 6.45) is 10.8. The molecule has 0 N–H and O–H groups in total. The normalized spacial score (nSPS) is 51.5. The summed E-state index contributed by atoms with van der Waals surface area (Å²) in [7, 11) is 1.59. The molecule has 0 aromatic carbocycles. The van der Waals surface area contributed by atoms with Crippen LogP contribution in [-0.4, -0.2) is 18.9 Å². The number of methoxy groups -OCH3 is 1. The van der Waals surface area contributed by atoms with Crippen LogP contribution in [-0.2, 0) is 14.3 Å². The fraction of sp³-hybridized carbons (Fsp3) is 0.871. The van der Waals surface area contributed by atoms with Gasteiger partial charge in [-0.05, 0) is 111 Å². The van der Waals surface area contributed by atoms with Gasteiger partial charge in [0, 0.05) is 11.8 Å². The molecule has 0 spiro atoms. The van der Waals surface area contributed by atoms with Crippen LogP contribution in [0.4, 0.5) is 0 Å². The van der Waals surface area contributed by atoms with Crippen molar-refractivity contribution in [3.05, 3.63) is 12.2 Å². The molecule has 0 radical (unpaired) electrons. The van der Waals surface area contributed by atoms with Crippen LogP contribution >= 0.6 is 0 Å². The van der Waals surface area contributed by atoms with Crippen molar-refractivity contribution >= 4 is 11.8 Å². The van der Waals surface area contributed by atoms with Crippen molar-refractivity contribution in [1.29, 1.82) is 0 Å². The maximum atomic E-state index is 13.3. The topological polar surface area (TPSA) is 43.4 Å². The summed E-state index contributed by atoms with van der Waals surface area (Å²) >= 11 is 0. The number of hydrogen-bond acceptors (Lipinski definition) is 3. The Balaban J connectivity index is 1.57. The van der Waals surface area contributed by atoms with E-state index < -0.39 is 0 Å². The number of esters is 1. The van der Waals surface area contributed by atoms with Crippen molar-refractivity contribution in [3.8, 4) is 0 Å². The zero-order valence-corrected chi connectivity index (χ0v) is 22.9. The number of allylic oxidation sites excluding steroid dienone is 1. The summed E-state index contributed by atoms with van der Waals surface area (Å²) in [6.45, 7) is 18.8. The minimum absolute atomic E-state index is 0.0405. The van der Waals surface area contributed by atoms with Gasteiger partial charge in [-0.2, -0.15) is 0 Å². The SMILES string of the molecule is C=C(C)[C@H]1CC[C@]2(C(=O)OC)CC[C@]3(C)[C@@H](CC[C@@H]4[C@]5(C)CCC(=O)C(C)(C)[C@@H]5CC[C@@]43C)[C@H]12. The van der Waals surface area contributed by atoms with Crippen LogP contribution in [0.2, 0.25) is 0 Å². The lowest BCUT2D eigenvalue weighted by molar-refractivity contribution is -0.235. The molecule has 0 saturated heterocycles. The number of carbonyl (C=O) groups excluding carboxylic acids is 2. The van der Waals surface area contributed by atoms with E-state index in [1.165, 1.54) is 31.3 Å². The number of fused-ring (bicyclic) bond motifs is 7. The van der Waals surface area contributed by atoms with E-state index in [1.54, 1.807) is 7.11 Å². The van der Waals surface area contributed by atoms with E-state index in [2.05, 4.69) is 48.1 Å². The molecule has 34 heavy (non-hydrogen) atoms. The van der Waals surface area contributed by atoms with Gasteiger partial charge in [0.05, 0.1) is 12.5 Å². The summed E-state index contributed by atoms with van der Waals surface area (Å²) in [4.78, 5) is 26.3. The molecule has 190 valence electrons. The Kier molecular flexibility index (Phi) is 5.38. The van der Waals surface area contributed by atoms with Gasteiger partial charge in [0.25, 0.3) is 0 Å². The fourth-order valence-corrected chi connectivity index (χ4v) is 11.5. The Bertz CT molecular complexity index is 918. The Morgan fingerprint density at radius 2 is 1.59 bits per heavy atom. The Morgan fingerprint density at radius 1 is 0.882 bits per heavy atom. The van der Waals surface area contributed by atoms with Crippen molar-refractivity contribution < 1.29 is 14.3 Å². The predicted octanol–water partition coefficient (Wildman–Crippen LogP) is 7.39. The van der Waals surface area contributed by atoms with E-state index in [0.29, 0.717) is 35.4 Å². The molecule has 3 heteroatoms. The van der Waals surface area contributed by atoms with Gasteiger partial charge in [0.1, 0.15) is 5.78 Å². The molecule has 0 heterocycles.